The van der Waals surface area contributed by atoms with E-state index in [-0.39, 0.29) is 5.22 Å². The lowest BCUT2D eigenvalue weighted by Crippen LogP contribution is -2.21. The summed E-state index contributed by atoms with van der Waals surface area (Å²) in [6.07, 6.45) is -2.41. The van der Waals surface area contributed by atoms with Crippen LogP contribution in [0.15, 0.2) is 9.64 Å². The molecule has 15 heavy (non-hydrogen) atoms. The van der Waals surface area contributed by atoms with Crippen molar-refractivity contribution in [3.05, 3.63) is 5.89 Å². The van der Waals surface area contributed by atoms with Gasteiger partial charge in [-0.2, -0.15) is 24.9 Å². The van der Waals surface area contributed by atoms with Gasteiger partial charge in [0, 0.05) is 0 Å². The molecule has 1 rings (SSSR count). The summed E-state index contributed by atoms with van der Waals surface area (Å²) < 4.78 is 41.5. The van der Waals surface area contributed by atoms with E-state index in [2.05, 4.69) is 10.2 Å². The van der Waals surface area contributed by atoms with E-state index < -0.39 is 11.4 Å². The van der Waals surface area contributed by atoms with Crippen molar-refractivity contribution < 1.29 is 17.6 Å². The minimum Gasteiger partial charge on any atom is -0.415 e. The molecular formula is C7H9F3N2OS2. The molecule has 0 N–H and O–H groups in total. The predicted octanol–water partition coefficient (Wildman–Crippen LogP) is 2.98. The molecule has 0 saturated carbocycles. The van der Waals surface area contributed by atoms with Gasteiger partial charge in [0.15, 0.2) is 0 Å². The Hall–Kier alpha value is -0.370. The summed E-state index contributed by atoms with van der Waals surface area (Å²) in [7, 11) is 0. The third-order valence-corrected chi connectivity index (χ3v) is 2.98. The first-order chi connectivity index (χ1) is 6.93. The van der Waals surface area contributed by atoms with Crippen molar-refractivity contribution in [1.29, 1.82) is 0 Å². The van der Waals surface area contributed by atoms with Crippen LogP contribution in [-0.2, 0) is 5.75 Å². The Bertz CT molecular complexity index is 315. The maximum absolute atomic E-state index is 12.2. The van der Waals surface area contributed by atoms with Gasteiger partial charge >= 0.3 is 6.18 Å². The normalized spacial score (nSPS) is 14.2. The molecule has 0 aromatic carbocycles. The predicted molar refractivity (Wildman–Crippen MR) is 52.9 cm³/mol. The van der Waals surface area contributed by atoms with E-state index >= 15 is 0 Å². The molecule has 0 amide bonds. The first kappa shape index (κ1) is 12.7. The first-order valence-corrected chi connectivity index (χ1v) is 6.25. The maximum atomic E-state index is 12.2. The van der Waals surface area contributed by atoms with Crippen LogP contribution in [0.5, 0.6) is 0 Å². The van der Waals surface area contributed by atoms with Crippen LogP contribution in [0.1, 0.15) is 12.8 Å². The Morgan fingerprint density at radius 2 is 2.07 bits per heavy atom. The van der Waals surface area contributed by atoms with E-state index in [1.807, 2.05) is 6.26 Å². The highest BCUT2D eigenvalue weighted by Crippen LogP contribution is 2.34. The second kappa shape index (κ2) is 5.11. The molecule has 0 fully saturated rings. The van der Waals surface area contributed by atoms with Gasteiger partial charge in [0.25, 0.3) is 5.22 Å². The number of thioether (sulfide) groups is 2. The quantitative estimate of drug-likeness (QED) is 0.776. The van der Waals surface area contributed by atoms with Crippen molar-refractivity contribution in [3.8, 4) is 0 Å². The molecule has 1 aromatic rings. The Labute approximate surface area is 93.2 Å². The van der Waals surface area contributed by atoms with E-state index in [1.54, 1.807) is 0 Å². The zero-order valence-corrected chi connectivity index (χ0v) is 9.67. The van der Waals surface area contributed by atoms with Crippen LogP contribution < -0.4 is 0 Å². The lowest BCUT2D eigenvalue weighted by Gasteiger charge is -2.11. The van der Waals surface area contributed by atoms with Gasteiger partial charge < -0.3 is 4.42 Å². The fourth-order valence-electron chi connectivity index (χ4n) is 0.686. The molecule has 8 heteroatoms. The topological polar surface area (TPSA) is 38.9 Å². The summed E-state index contributed by atoms with van der Waals surface area (Å²) in [4.78, 5) is 0. The zero-order valence-electron chi connectivity index (χ0n) is 8.04. The molecule has 0 radical (unpaired) electrons. The number of rotatable bonds is 4. The van der Waals surface area contributed by atoms with Crippen molar-refractivity contribution in [2.75, 3.05) is 6.26 Å². The van der Waals surface area contributed by atoms with Crippen LogP contribution in [0.25, 0.3) is 0 Å². The minimum atomic E-state index is -4.25. The number of halogens is 3. The van der Waals surface area contributed by atoms with Gasteiger partial charge in [-0.3, -0.25) is 0 Å². The number of hydrogen-bond acceptors (Lipinski definition) is 5. The zero-order chi connectivity index (χ0) is 11.5. The fourth-order valence-corrected chi connectivity index (χ4v) is 1.72. The molecule has 0 aliphatic carbocycles. The van der Waals surface area contributed by atoms with Gasteiger partial charge in [-0.1, -0.05) is 11.8 Å². The van der Waals surface area contributed by atoms with Crippen molar-refractivity contribution in [1.82, 2.24) is 10.2 Å². The van der Waals surface area contributed by atoms with Crippen LogP contribution in [0.3, 0.4) is 0 Å². The second-order valence-electron chi connectivity index (χ2n) is 2.70. The van der Waals surface area contributed by atoms with E-state index in [9.17, 15) is 13.2 Å². The van der Waals surface area contributed by atoms with Crippen molar-refractivity contribution in [2.24, 2.45) is 0 Å². The average molecular weight is 258 g/mol. The summed E-state index contributed by atoms with van der Waals surface area (Å²) in [5, 5.41) is 5.56. The van der Waals surface area contributed by atoms with Crippen LogP contribution in [-0.4, -0.2) is 27.9 Å². The van der Waals surface area contributed by atoms with E-state index in [0.717, 1.165) is 6.92 Å². The largest absolute Gasteiger partial charge is 0.415 e. The smallest absolute Gasteiger partial charge is 0.400 e. The number of hydrogen-bond donors (Lipinski definition) is 0. The lowest BCUT2D eigenvalue weighted by atomic mass is 10.5. The summed E-state index contributed by atoms with van der Waals surface area (Å²) in [5.41, 5.74) is 0. The number of aromatic nitrogens is 2. The maximum Gasteiger partial charge on any atom is 0.400 e. The SMILES string of the molecule is CSCc1nnc(S[C@@H](C)C(F)(F)F)o1. The van der Waals surface area contributed by atoms with Gasteiger partial charge in [-0.15, -0.1) is 10.2 Å². The van der Waals surface area contributed by atoms with Gasteiger partial charge in [-0.05, 0) is 13.2 Å². The summed E-state index contributed by atoms with van der Waals surface area (Å²) in [6, 6.07) is 0. The van der Waals surface area contributed by atoms with E-state index in [4.69, 9.17) is 4.42 Å². The third-order valence-electron chi connectivity index (χ3n) is 1.45. The molecule has 86 valence electrons. The number of alkyl halides is 3. The standard InChI is InChI=1S/C7H9F3N2OS2/c1-4(7(8,9)10)15-6-12-11-5(13-6)3-14-2/h4H,3H2,1-2H3/t4-/m0/s1. The highest BCUT2D eigenvalue weighted by atomic mass is 32.2. The molecule has 1 heterocycles. The summed E-state index contributed by atoms with van der Waals surface area (Å²) >= 11 is 1.99. The second-order valence-corrected chi connectivity index (χ2v) is 4.85. The molecule has 0 aliphatic rings. The Balaban J connectivity index is 2.57. The Kier molecular flexibility index (Phi) is 4.32. The number of nitrogens with zero attached hydrogens (tertiary/aromatic N) is 2. The minimum absolute atomic E-state index is 0.0381. The van der Waals surface area contributed by atoms with E-state index in [1.165, 1.54) is 11.8 Å². The highest BCUT2D eigenvalue weighted by molar-refractivity contribution is 7.99. The third kappa shape index (κ3) is 3.94. The van der Waals surface area contributed by atoms with Gasteiger partial charge in [0.2, 0.25) is 5.89 Å². The van der Waals surface area contributed by atoms with Crippen LogP contribution in [0, 0.1) is 0 Å². The molecule has 0 spiro atoms. The molecule has 1 atom stereocenters. The molecule has 1 aromatic heterocycles. The highest BCUT2D eigenvalue weighted by Gasteiger charge is 2.37. The van der Waals surface area contributed by atoms with E-state index in [0.29, 0.717) is 23.4 Å². The van der Waals surface area contributed by atoms with Gasteiger partial charge in [0.05, 0.1) is 5.75 Å². The van der Waals surface area contributed by atoms with Crippen molar-refractivity contribution in [3.63, 3.8) is 0 Å². The fraction of sp³-hybridized carbons (Fsp3) is 0.714. The van der Waals surface area contributed by atoms with Crippen LogP contribution >= 0.6 is 23.5 Å². The van der Waals surface area contributed by atoms with Crippen LogP contribution in [0.2, 0.25) is 0 Å². The molecule has 0 aliphatic heterocycles. The average Bonchev–Trinajstić information content (AvgIpc) is 2.51. The monoisotopic (exact) mass is 258 g/mol. The Morgan fingerprint density at radius 3 is 2.60 bits per heavy atom. The molecule has 0 saturated heterocycles. The van der Waals surface area contributed by atoms with Crippen molar-refractivity contribution in [2.45, 2.75) is 29.3 Å². The molecule has 3 nitrogen and oxygen atoms in total. The molecular weight excluding hydrogens is 249 g/mol. The Morgan fingerprint density at radius 1 is 1.40 bits per heavy atom. The van der Waals surface area contributed by atoms with Gasteiger partial charge in [0.1, 0.15) is 5.25 Å². The summed E-state index contributed by atoms with van der Waals surface area (Å²) in [5.74, 6) is 0.855. The van der Waals surface area contributed by atoms with Crippen LogP contribution in [0.4, 0.5) is 13.2 Å². The first-order valence-electron chi connectivity index (χ1n) is 3.98. The molecule has 0 bridgehead atoms. The van der Waals surface area contributed by atoms with Gasteiger partial charge in [-0.25, -0.2) is 0 Å². The van der Waals surface area contributed by atoms with Crippen molar-refractivity contribution >= 4 is 23.5 Å². The lowest BCUT2D eigenvalue weighted by molar-refractivity contribution is -0.125. The molecule has 0 unspecified atom stereocenters. The summed E-state index contributed by atoms with van der Waals surface area (Å²) in [6.45, 7) is 1.06.